The maximum absolute atomic E-state index is 12.9. The summed E-state index contributed by atoms with van der Waals surface area (Å²) in [5.41, 5.74) is 1.60. The van der Waals surface area contributed by atoms with Crippen LogP contribution in [0.2, 0.25) is 0 Å². The third kappa shape index (κ3) is 1.57. The molecular formula is C9H8FNO. The number of carbonyl (C=O) groups excluding carboxylic acids is 1. The first-order chi connectivity index (χ1) is 5.65. The van der Waals surface area contributed by atoms with Crippen molar-refractivity contribution < 1.29 is 9.18 Å². The van der Waals surface area contributed by atoms with Crippen LogP contribution in [0.1, 0.15) is 11.1 Å². The standard InChI is InChI=1S/C9H8FNO/c1-6-4-9(11-5-12)7(2)3-8(6)10/h3-4H,1-2H3. The topological polar surface area (TPSA) is 29.4 Å². The predicted molar refractivity (Wildman–Crippen MR) is 43.7 cm³/mol. The Morgan fingerprint density at radius 1 is 1.33 bits per heavy atom. The number of nitrogens with zero attached hydrogens (tertiary/aromatic N) is 1. The summed E-state index contributed by atoms with van der Waals surface area (Å²) in [6.07, 6.45) is 1.42. The Morgan fingerprint density at radius 3 is 2.58 bits per heavy atom. The molecule has 0 N–H and O–H groups in total. The Balaban J connectivity index is 3.32. The van der Waals surface area contributed by atoms with Gasteiger partial charge in [0.15, 0.2) is 0 Å². The SMILES string of the molecule is Cc1cc(N=C=O)c(C)cc1F. The van der Waals surface area contributed by atoms with E-state index in [1.54, 1.807) is 13.8 Å². The van der Waals surface area contributed by atoms with E-state index in [-0.39, 0.29) is 5.82 Å². The van der Waals surface area contributed by atoms with E-state index in [1.165, 1.54) is 18.2 Å². The van der Waals surface area contributed by atoms with E-state index in [2.05, 4.69) is 4.99 Å². The van der Waals surface area contributed by atoms with E-state index in [1.807, 2.05) is 0 Å². The summed E-state index contributed by atoms with van der Waals surface area (Å²) in [6, 6.07) is 2.88. The van der Waals surface area contributed by atoms with Crippen LogP contribution in [-0.4, -0.2) is 6.08 Å². The van der Waals surface area contributed by atoms with Crippen LogP contribution in [-0.2, 0) is 4.79 Å². The maximum Gasteiger partial charge on any atom is 0.240 e. The van der Waals surface area contributed by atoms with Crippen LogP contribution in [0.3, 0.4) is 0 Å². The Morgan fingerprint density at radius 2 is 2.00 bits per heavy atom. The zero-order valence-corrected chi connectivity index (χ0v) is 6.89. The molecule has 0 aliphatic heterocycles. The quantitative estimate of drug-likeness (QED) is 0.464. The van der Waals surface area contributed by atoms with Gasteiger partial charge in [0.25, 0.3) is 0 Å². The summed E-state index contributed by atoms with van der Waals surface area (Å²) < 4.78 is 12.9. The van der Waals surface area contributed by atoms with Crippen molar-refractivity contribution in [3.05, 3.63) is 29.1 Å². The number of hydrogen-bond acceptors (Lipinski definition) is 2. The Bertz CT molecular complexity index is 354. The fourth-order valence-corrected chi connectivity index (χ4v) is 0.935. The average Bonchev–Trinajstić information content (AvgIpc) is 2.01. The lowest BCUT2D eigenvalue weighted by Crippen LogP contribution is -1.84. The van der Waals surface area contributed by atoms with Crippen molar-refractivity contribution in [1.29, 1.82) is 0 Å². The Labute approximate surface area is 69.7 Å². The number of aliphatic imine (C=N–C) groups is 1. The normalized spacial score (nSPS) is 9.25. The number of rotatable bonds is 1. The molecule has 2 nitrogen and oxygen atoms in total. The molecule has 1 aromatic rings. The van der Waals surface area contributed by atoms with Gasteiger partial charge in [-0.1, -0.05) is 0 Å². The lowest BCUT2D eigenvalue weighted by atomic mass is 10.1. The number of aryl methyl sites for hydroxylation is 2. The first-order valence-corrected chi connectivity index (χ1v) is 3.50. The molecule has 0 heterocycles. The van der Waals surface area contributed by atoms with Crippen molar-refractivity contribution in [2.75, 3.05) is 0 Å². The molecule has 0 saturated carbocycles. The molecule has 0 amide bonds. The second kappa shape index (κ2) is 3.28. The molecule has 0 fully saturated rings. The Hall–Kier alpha value is -1.47. The lowest BCUT2D eigenvalue weighted by molar-refractivity contribution is 0.565. The molecule has 0 aromatic heterocycles. The summed E-state index contributed by atoms with van der Waals surface area (Å²) in [5.74, 6) is -0.280. The van der Waals surface area contributed by atoms with Gasteiger partial charge in [0.05, 0.1) is 5.69 Å². The van der Waals surface area contributed by atoms with Crippen LogP contribution in [0.25, 0.3) is 0 Å². The van der Waals surface area contributed by atoms with E-state index < -0.39 is 0 Å². The predicted octanol–water partition coefficient (Wildman–Crippen LogP) is 2.41. The smallest absolute Gasteiger partial charge is 0.211 e. The minimum absolute atomic E-state index is 0.280. The van der Waals surface area contributed by atoms with Gasteiger partial charge in [-0.3, -0.25) is 0 Å². The number of benzene rings is 1. The van der Waals surface area contributed by atoms with E-state index in [9.17, 15) is 9.18 Å². The largest absolute Gasteiger partial charge is 0.240 e. The van der Waals surface area contributed by atoms with Gasteiger partial charge in [-0.05, 0) is 37.1 Å². The molecule has 3 heteroatoms. The third-order valence-corrected chi connectivity index (χ3v) is 1.64. The van der Waals surface area contributed by atoms with Crippen molar-refractivity contribution >= 4 is 11.8 Å². The van der Waals surface area contributed by atoms with Gasteiger partial charge in [-0.2, -0.15) is 4.99 Å². The van der Waals surface area contributed by atoms with Gasteiger partial charge < -0.3 is 0 Å². The van der Waals surface area contributed by atoms with Crippen LogP contribution in [0.15, 0.2) is 17.1 Å². The average molecular weight is 165 g/mol. The highest BCUT2D eigenvalue weighted by Crippen LogP contribution is 2.21. The highest BCUT2D eigenvalue weighted by atomic mass is 19.1. The number of hydrogen-bond donors (Lipinski definition) is 0. The molecule has 0 atom stereocenters. The second-order valence-electron chi connectivity index (χ2n) is 2.59. The molecule has 62 valence electrons. The van der Waals surface area contributed by atoms with E-state index in [0.717, 1.165) is 0 Å². The summed E-state index contributed by atoms with van der Waals surface area (Å²) in [4.78, 5) is 13.4. The van der Waals surface area contributed by atoms with Gasteiger partial charge in [-0.15, -0.1) is 0 Å². The van der Waals surface area contributed by atoms with Crippen molar-refractivity contribution in [3.8, 4) is 0 Å². The minimum Gasteiger partial charge on any atom is -0.211 e. The molecule has 0 aliphatic rings. The minimum atomic E-state index is -0.280. The van der Waals surface area contributed by atoms with Crippen molar-refractivity contribution in [2.45, 2.75) is 13.8 Å². The molecule has 1 aromatic carbocycles. The summed E-state index contributed by atoms with van der Waals surface area (Å²) in [7, 11) is 0. The fraction of sp³-hybridized carbons (Fsp3) is 0.222. The summed E-state index contributed by atoms with van der Waals surface area (Å²) in [5, 5.41) is 0. The van der Waals surface area contributed by atoms with Crippen molar-refractivity contribution in [3.63, 3.8) is 0 Å². The van der Waals surface area contributed by atoms with Gasteiger partial charge in [-0.25, -0.2) is 9.18 Å². The van der Waals surface area contributed by atoms with E-state index in [4.69, 9.17) is 0 Å². The molecule has 0 spiro atoms. The first kappa shape index (κ1) is 8.62. The molecular weight excluding hydrogens is 157 g/mol. The molecule has 0 aliphatic carbocycles. The third-order valence-electron chi connectivity index (χ3n) is 1.64. The zero-order chi connectivity index (χ0) is 9.14. The van der Waals surface area contributed by atoms with Crippen LogP contribution in [0.5, 0.6) is 0 Å². The van der Waals surface area contributed by atoms with Crippen LogP contribution < -0.4 is 0 Å². The molecule has 0 unspecified atom stereocenters. The highest BCUT2D eigenvalue weighted by molar-refractivity contribution is 5.54. The highest BCUT2D eigenvalue weighted by Gasteiger charge is 2.02. The van der Waals surface area contributed by atoms with Crippen LogP contribution in [0, 0.1) is 19.7 Å². The van der Waals surface area contributed by atoms with Gasteiger partial charge >= 0.3 is 0 Å². The number of isocyanates is 1. The Kier molecular flexibility index (Phi) is 2.36. The van der Waals surface area contributed by atoms with Crippen molar-refractivity contribution in [2.24, 2.45) is 4.99 Å². The van der Waals surface area contributed by atoms with Gasteiger partial charge in [0.1, 0.15) is 5.82 Å². The molecule has 12 heavy (non-hydrogen) atoms. The maximum atomic E-state index is 12.9. The van der Waals surface area contributed by atoms with E-state index >= 15 is 0 Å². The molecule has 0 bridgehead atoms. The fourth-order valence-electron chi connectivity index (χ4n) is 0.935. The molecule has 0 saturated heterocycles. The monoisotopic (exact) mass is 165 g/mol. The van der Waals surface area contributed by atoms with Crippen LogP contribution in [0.4, 0.5) is 10.1 Å². The summed E-state index contributed by atoms with van der Waals surface area (Å²) >= 11 is 0. The van der Waals surface area contributed by atoms with Crippen molar-refractivity contribution in [1.82, 2.24) is 0 Å². The summed E-state index contributed by atoms with van der Waals surface area (Å²) in [6.45, 7) is 3.32. The van der Waals surface area contributed by atoms with E-state index in [0.29, 0.717) is 16.8 Å². The zero-order valence-electron chi connectivity index (χ0n) is 6.89. The lowest BCUT2D eigenvalue weighted by Gasteiger charge is -2.00. The van der Waals surface area contributed by atoms with Gasteiger partial charge in [0.2, 0.25) is 6.08 Å². The molecule has 0 radical (unpaired) electrons. The molecule has 1 rings (SSSR count). The number of halogens is 1. The first-order valence-electron chi connectivity index (χ1n) is 3.50. The van der Waals surface area contributed by atoms with Crippen LogP contribution >= 0.6 is 0 Å². The van der Waals surface area contributed by atoms with Gasteiger partial charge in [0, 0.05) is 0 Å². The second-order valence-corrected chi connectivity index (χ2v) is 2.59.